The highest BCUT2D eigenvalue weighted by molar-refractivity contribution is 5.96. The van der Waals surface area contributed by atoms with Gasteiger partial charge >= 0.3 is 0 Å². The monoisotopic (exact) mass is 417 g/mol. The third-order valence-corrected chi connectivity index (χ3v) is 5.19. The topological polar surface area (TPSA) is 150 Å². The van der Waals surface area contributed by atoms with Crippen LogP contribution in [0.4, 0.5) is 11.4 Å². The normalized spacial score (nSPS) is 12.7. The molecule has 0 bridgehead atoms. The van der Waals surface area contributed by atoms with Gasteiger partial charge in [-0.2, -0.15) is 0 Å². The third-order valence-electron chi connectivity index (χ3n) is 5.19. The number of rotatable bonds is 8. The zero-order valence-corrected chi connectivity index (χ0v) is 17.1. The van der Waals surface area contributed by atoms with E-state index < -0.39 is 11.9 Å². The highest BCUT2D eigenvalue weighted by Gasteiger charge is 2.21. The van der Waals surface area contributed by atoms with Gasteiger partial charge in [0.05, 0.1) is 12.0 Å². The summed E-state index contributed by atoms with van der Waals surface area (Å²) in [6.07, 6.45) is 0.525. The van der Waals surface area contributed by atoms with E-state index in [-0.39, 0.29) is 11.8 Å². The Morgan fingerprint density at radius 3 is 2.29 bits per heavy atom. The maximum absolute atomic E-state index is 13.0. The Morgan fingerprint density at radius 2 is 1.61 bits per heavy atom. The first kappa shape index (κ1) is 22.0. The minimum atomic E-state index is -0.592. The largest absolute Gasteiger partial charge is 0.398 e. The summed E-state index contributed by atoms with van der Waals surface area (Å²) in [6, 6.07) is 20.9. The summed E-state index contributed by atoms with van der Waals surface area (Å²) in [7, 11) is 0. The Labute approximate surface area is 181 Å². The average Bonchev–Trinajstić information content (AvgIpc) is 2.78. The van der Waals surface area contributed by atoms with Gasteiger partial charge in [-0.15, -0.1) is 0 Å². The third kappa shape index (κ3) is 5.28. The van der Waals surface area contributed by atoms with Crippen molar-refractivity contribution in [2.45, 2.75) is 18.4 Å². The predicted octanol–water partition coefficient (Wildman–Crippen LogP) is 2.49. The number of amides is 2. The first-order valence-electron chi connectivity index (χ1n) is 10.0. The summed E-state index contributed by atoms with van der Waals surface area (Å²) in [4.78, 5) is 24.5. The molecule has 2 unspecified atom stereocenters. The van der Waals surface area contributed by atoms with Crippen molar-refractivity contribution < 1.29 is 9.59 Å². The fourth-order valence-corrected chi connectivity index (χ4v) is 3.52. The van der Waals surface area contributed by atoms with Gasteiger partial charge in [0, 0.05) is 16.9 Å². The number of carbonyl (C=O) groups is 2. The molecule has 160 valence electrons. The molecule has 3 aromatic carbocycles. The van der Waals surface area contributed by atoms with Gasteiger partial charge in [-0.25, -0.2) is 0 Å². The molecule has 9 N–H and O–H groups in total. The lowest BCUT2D eigenvalue weighted by Gasteiger charge is -2.19. The molecular formula is C24H27N5O2. The number of benzene rings is 3. The van der Waals surface area contributed by atoms with E-state index in [1.54, 1.807) is 42.5 Å². The van der Waals surface area contributed by atoms with Crippen LogP contribution in [0.3, 0.4) is 0 Å². The molecule has 3 aromatic rings. The highest BCUT2D eigenvalue weighted by atomic mass is 16.2. The molecule has 7 heteroatoms. The maximum atomic E-state index is 13.0. The molecule has 7 nitrogen and oxygen atoms in total. The van der Waals surface area contributed by atoms with Crippen LogP contribution in [0.25, 0.3) is 0 Å². The summed E-state index contributed by atoms with van der Waals surface area (Å²) in [5.41, 5.74) is 27.3. The van der Waals surface area contributed by atoms with E-state index in [9.17, 15) is 9.59 Å². The van der Waals surface area contributed by atoms with E-state index in [0.29, 0.717) is 41.0 Å². The second-order valence-corrected chi connectivity index (χ2v) is 7.34. The van der Waals surface area contributed by atoms with E-state index in [1.165, 1.54) is 0 Å². The van der Waals surface area contributed by atoms with Crippen molar-refractivity contribution in [1.82, 2.24) is 0 Å². The number of nitrogens with one attached hydrogen (secondary N) is 1. The van der Waals surface area contributed by atoms with Crippen LogP contribution in [0, 0.1) is 0 Å². The molecule has 0 spiro atoms. The molecule has 0 heterocycles. The van der Waals surface area contributed by atoms with Crippen molar-refractivity contribution in [3.05, 3.63) is 95.1 Å². The Balaban J connectivity index is 1.86. The minimum absolute atomic E-state index is 0.156. The van der Waals surface area contributed by atoms with Crippen LogP contribution in [0.15, 0.2) is 72.8 Å². The van der Waals surface area contributed by atoms with Crippen LogP contribution in [0.2, 0.25) is 0 Å². The summed E-state index contributed by atoms with van der Waals surface area (Å²) in [6.45, 7) is 0.390. The van der Waals surface area contributed by atoms with E-state index in [0.717, 1.165) is 5.56 Å². The van der Waals surface area contributed by atoms with Crippen molar-refractivity contribution in [3.8, 4) is 0 Å². The SMILES string of the molecule is NCCC(C(=O)Nc1ccc(N)c(C(N)c2cccc(C(N)=O)c2)c1)c1ccccc1. The van der Waals surface area contributed by atoms with Crippen molar-refractivity contribution in [2.24, 2.45) is 17.2 Å². The quantitative estimate of drug-likeness (QED) is 0.357. The fourth-order valence-electron chi connectivity index (χ4n) is 3.52. The summed E-state index contributed by atoms with van der Waals surface area (Å²) < 4.78 is 0. The number of hydrogen-bond acceptors (Lipinski definition) is 5. The van der Waals surface area contributed by atoms with Crippen LogP contribution in [-0.4, -0.2) is 18.4 Å². The van der Waals surface area contributed by atoms with E-state index in [1.807, 2.05) is 30.3 Å². The number of carbonyl (C=O) groups excluding carboxylic acids is 2. The molecule has 0 radical (unpaired) electrons. The number of anilines is 2. The zero-order valence-electron chi connectivity index (χ0n) is 17.1. The van der Waals surface area contributed by atoms with Crippen LogP contribution in [0.5, 0.6) is 0 Å². The predicted molar refractivity (Wildman–Crippen MR) is 123 cm³/mol. The van der Waals surface area contributed by atoms with Gasteiger partial charge in [-0.05, 0) is 60.0 Å². The molecule has 3 rings (SSSR count). The Hall–Kier alpha value is -3.68. The van der Waals surface area contributed by atoms with Gasteiger partial charge < -0.3 is 28.3 Å². The number of hydrogen-bond donors (Lipinski definition) is 5. The summed E-state index contributed by atoms with van der Waals surface area (Å²) in [5.74, 6) is -1.06. The molecule has 0 fully saturated rings. The lowest BCUT2D eigenvalue weighted by molar-refractivity contribution is -0.117. The lowest BCUT2D eigenvalue weighted by Crippen LogP contribution is -2.24. The maximum Gasteiger partial charge on any atom is 0.248 e. The van der Waals surface area contributed by atoms with Crippen molar-refractivity contribution in [1.29, 1.82) is 0 Å². The average molecular weight is 418 g/mol. The van der Waals surface area contributed by atoms with Gasteiger partial charge in [-0.1, -0.05) is 42.5 Å². The zero-order chi connectivity index (χ0) is 22.4. The number of nitrogens with two attached hydrogens (primary N) is 4. The minimum Gasteiger partial charge on any atom is -0.398 e. The first-order valence-corrected chi connectivity index (χ1v) is 10.0. The molecule has 2 amide bonds. The molecule has 0 aromatic heterocycles. The molecule has 0 aliphatic rings. The van der Waals surface area contributed by atoms with E-state index >= 15 is 0 Å². The van der Waals surface area contributed by atoms with Gasteiger partial charge in [0.15, 0.2) is 0 Å². The Morgan fingerprint density at radius 1 is 0.903 bits per heavy atom. The fraction of sp³-hybridized carbons (Fsp3) is 0.167. The molecule has 31 heavy (non-hydrogen) atoms. The van der Waals surface area contributed by atoms with Crippen molar-refractivity contribution in [2.75, 3.05) is 17.6 Å². The first-order chi connectivity index (χ1) is 14.9. The summed E-state index contributed by atoms with van der Waals surface area (Å²) >= 11 is 0. The molecule has 2 atom stereocenters. The molecule has 0 saturated carbocycles. The van der Waals surface area contributed by atoms with Crippen molar-refractivity contribution >= 4 is 23.2 Å². The van der Waals surface area contributed by atoms with Crippen LogP contribution in [-0.2, 0) is 4.79 Å². The smallest absolute Gasteiger partial charge is 0.248 e. The van der Waals surface area contributed by atoms with Crippen LogP contribution < -0.4 is 28.3 Å². The van der Waals surface area contributed by atoms with Gasteiger partial charge in [0.2, 0.25) is 11.8 Å². The molecule has 0 aliphatic carbocycles. The van der Waals surface area contributed by atoms with E-state index in [2.05, 4.69) is 5.32 Å². The standard InChI is InChI=1S/C24H27N5O2/c25-12-11-19(15-5-2-1-3-6-15)24(31)29-18-9-10-21(26)20(14-18)22(27)16-7-4-8-17(13-16)23(28)30/h1-10,13-14,19,22H,11-12,25-27H2,(H2,28,30)(H,29,31). The Kier molecular flexibility index (Phi) is 7.02. The second-order valence-electron chi connectivity index (χ2n) is 7.34. The molecular weight excluding hydrogens is 390 g/mol. The van der Waals surface area contributed by atoms with Crippen molar-refractivity contribution in [3.63, 3.8) is 0 Å². The summed E-state index contributed by atoms with van der Waals surface area (Å²) in [5, 5.41) is 2.95. The number of nitrogen functional groups attached to an aromatic ring is 1. The highest BCUT2D eigenvalue weighted by Crippen LogP contribution is 2.29. The van der Waals surface area contributed by atoms with Crippen LogP contribution >= 0.6 is 0 Å². The molecule has 0 saturated heterocycles. The van der Waals surface area contributed by atoms with Gasteiger partial charge in [-0.3, -0.25) is 9.59 Å². The Bertz CT molecular complexity index is 1070. The van der Waals surface area contributed by atoms with E-state index in [4.69, 9.17) is 22.9 Å². The van der Waals surface area contributed by atoms with Gasteiger partial charge in [0.1, 0.15) is 0 Å². The molecule has 0 aliphatic heterocycles. The van der Waals surface area contributed by atoms with Gasteiger partial charge in [0.25, 0.3) is 0 Å². The van der Waals surface area contributed by atoms with Crippen LogP contribution in [0.1, 0.15) is 45.4 Å². The second kappa shape index (κ2) is 9.88. The number of primary amides is 1. The lowest BCUT2D eigenvalue weighted by atomic mass is 9.94.